The first-order valence-electron chi connectivity index (χ1n) is 7.50. The molecule has 0 atom stereocenters. The minimum absolute atomic E-state index is 0.0745. The van der Waals surface area contributed by atoms with E-state index in [0.717, 1.165) is 17.5 Å². The summed E-state index contributed by atoms with van der Waals surface area (Å²) in [6, 6.07) is 14.3. The minimum Gasteiger partial charge on any atom is -0.452 e. The van der Waals surface area contributed by atoms with Gasteiger partial charge in [0.1, 0.15) is 0 Å². The van der Waals surface area contributed by atoms with Crippen molar-refractivity contribution < 1.29 is 13.9 Å². The van der Waals surface area contributed by atoms with Crippen LogP contribution in [0.2, 0.25) is 5.02 Å². The molecule has 6 heteroatoms. The van der Waals surface area contributed by atoms with E-state index in [1.807, 2.05) is 12.1 Å². The van der Waals surface area contributed by atoms with Crippen molar-refractivity contribution in [2.24, 2.45) is 0 Å². The first kappa shape index (κ1) is 16.2. The Balaban J connectivity index is 1.62. The van der Waals surface area contributed by atoms with Crippen molar-refractivity contribution in [1.29, 1.82) is 0 Å². The molecule has 1 heterocycles. The topological polar surface area (TPSA) is 65.2 Å². The first-order chi connectivity index (χ1) is 11.7. The van der Waals surface area contributed by atoms with Gasteiger partial charge in [-0.3, -0.25) is 0 Å². The van der Waals surface area contributed by atoms with Gasteiger partial charge >= 0.3 is 5.97 Å². The molecule has 0 fully saturated rings. The Morgan fingerprint density at radius 1 is 1.08 bits per heavy atom. The molecule has 3 aromatic rings. The zero-order valence-corrected chi connectivity index (χ0v) is 13.8. The van der Waals surface area contributed by atoms with Crippen LogP contribution in [-0.2, 0) is 17.8 Å². The zero-order valence-electron chi connectivity index (χ0n) is 13.0. The lowest BCUT2D eigenvalue weighted by molar-refractivity contribution is 0.0438. The van der Waals surface area contributed by atoms with Crippen LogP contribution in [0.1, 0.15) is 28.7 Å². The summed E-state index contributed by atoms with van der Waals surface area (Å²) in [5.74, 6) is 0.160. The largest absolute Gasteiger partial charge is 0.452 e. The normalized spacial score (nSPS) is 10.6. The number of nitrogens with zero attached hydrogens (tertiary/aromatic N) is 2. The highest BCUT2D eigenvalue weighted by Crippen LogP contribution is 2.20. The third kappa shape index (κ3) is 3.81. The van der Waals surface area contributed by atoms with E-state index in [1.54, 1.807) is 36.4 Å². The molecule has 5 nitrogen and oxygen atoms in total. The Bertz CT molecular complexity index is 826. The van der Waals surface area contributed by atoms with Crippen LogP contribution < -0.4 is 0 Å². The highest BCUT2D eigenvalue weighted by atomic mass is 35.5. The Hall–Kier alpha value is -2.66. The van der Waals surface area contributed by atoms with Gasteiger partial charge < -0.3 is 9.15 Å². The molecule has 0 saturated carbocycles. The van der Waals surface area contributed by atoms with E-state index < -0.39 is 5.97 Å². The predicted molar refractivity (Wildman–Crippen MR) is 89.7 cm³/mol. The lowest BCUT2D eigenvalue weighted by Crippen LogP contribution is -2.05. The van der Waals surface area contributed by atoms with Gasteiger partial charge in [-0.2, -0.15) is 0 Å². The third-order valence-electron chi connectivity index (χ3n) is 3.48. The second kappa shape index (κ2) is 7.27. The number of carbonyl (C=O) groups is 1. The zero-order chi connectivity index (χ0) is 16.9. The summed E-state index contributed by atoms with van der Waals surface area (Å²) in [5, 5.41) is 8.45. The third-order valence-corrected chi connectivity index (χ3v) is 3.73. The van der Waals surface area contributed by atoms with Crippen molar-refractivity contribution in [1.82, 2.24) is 10.2 Å². The average Bonchev–Trinajstić information content (AvgIpc) is 3.09. The monoisotopic (exact) mass is 342 g/mol. The van der Waals surface area contributed by atoms with Crippen molar-refractivity contribution in [2.75, 3.05) is 0 Å². The predicted octanol–water partition coefficient (Wildman–Crippen LogP) is 4.31. The number of ether oxygens (including phenoxy) is 1. The van der Waals surface area contributed by atoms with Gasteiger partial charge in [0.2, 0.25) is 5.89 Å². The van der Waals surface area contributed by atoms with Crippen LogP contribution in [0.25, 0.3) is 11.5 Å². The number of carbonyl (C=O) groups excluding carboxylic acids is 1. The van der Waals surface area contributed by atoms with Crippen molar-refractivity contribution in [3.63, 3.8) is 0 Å². The average molecular weight is 343 g/mol. The molecule has 0 saturated heterocycles. The van der Waals surface area contributed by atoms with Gasteiger partial charge in [0, 0.05) is 10.6 Å². The molecule has 0 unspecified atom stereocenters. The van der Waals surface area contributed by atoms with Crippen molar-refractivity contribution >= 4 is 17.6 Å². The summed E-state index contributed by atoms with van der Waals surface area (Å²) in [5.41, 5.74) is 2.40. The number of benzene rings is 2. The molecule has 0 N–H and O–H groups in total. The van der Waals surface area contributed by atoms with E-state index in [-0.39, 0.29) is 12.5 Å². The molecule has 2 aromatic carbocycles. The van der Waals surface area contributed by atoms with E-state index in [4.69, 9.17) is 20.8 Å². The molecule has 0 aliphatic rings. The van der Waals surface area contributed by atoms with E-state index in [0.29, 0.717) is 16.5 Å². The molecule has 0 aliphatic carbocycles. The number of halogens is 1. The molecule has 122 valence electrons. The maximum atomic E-state index is 12.0. The summed E-state index contributed by atoms with van der Waals surface area (Å²) in [6.07, 6.45) is 0.921. The van der Waals surface area contributed by atoms with Crippen LogP contribution in [0.5, 0.6) is 0 Å². The van der Waals surface area contributed by atoms with E-state index in [2.05, 4.69) is 17.1 Å². The summed E-state index contributed by atoms with van der Waals surface area (Å²) in [6.45, 7) is 1.98. The summed E-state index contributed by atoms with van der Waals surface area (Å²) >= 11 is 5.84. The van der Waals surface area contributed by atoms with Gasteiger partial charge in [-0.1, -0.05) is 30.7 Å². The quantitative estimate of drug-likeness (QED) is 0.646. The van der Waals surface area contributed by atoms with Crippen LogP contribution >= 0.6 is 11.6 Å². The fourth-order valence-electron chi connectivity index (χ4n) is 2.11. The van der Waals surface area contributed by atoms with Crippen LogP contribution in [0.15, 0.2) is 52.9 Å². The summed E-state index contributed by atoms with van der Waals surface area (Å²) in [4.78, 5) is 12.0. The van der Waals surface area contributed by atoms with Gasteiger partial charge in [0.15, 0.2) is 6.61 Å². The fraction of sp³-hybridized carbons (Fsp3) is 0.167. The van der Waals surface area contributed by atoms with Crippen molar-refractivity contribution in [3.8, 4) is 11.5 Å². The number of hydrogen-bond acceptors (Lipinski definition) is 5. The van der Waals surface area contributed by atoms with E-state index in [9.17, 15) is 4.79 Å². The van der Waals surface area contributed by atoms with Gasteiger partial charge in [-0.05, 0) is 48.4 Å². The van der Waals surface area contributed by atoms with Crippen LogP contribution in [-0.4, -0.2) is 16.2 Å². The standard InChI is InChI=1S/C18H15ClN2O3/c1-2-12-3-5-14(6-4-12)18(22)23-11-16-20-21-17(24-16)13-7-9-15(19)10-8-13/h3-10H,2,11H2,1H3. The van der Waals surface area contributed by atoms with Gasteiger partial charge in [-0.15, -0.1) is 10.2 Å². The van der Waals surface area contributed by atoms with Gasteiger partial charge in [-0.25, -0.2) is 4.79 Å². The molecule has 0 aliphatic heterocycles. The highest BCUT2D eigenvalue weighted by Gasteiger charge is 2.12. The molecule has 0 bridgehead atoms. The maximum Gasteiger partial charge on any atom is 0.338 e. The smallest absolute Gasteiger partial charge is 0.338 e. The molecular formula is C18H15ClN2O3. The van der Waals surface area contributed by atoms with E-state index in [1.165, 1.54) is 0 Å². The van der Waals surface area contributed by atoms with Crippen molar-refractivity contribution in [2.45, 2.75) is 20.0 Å². The fourth-order valence-corrected chi connectivity index (χ4v) is 2.23. The Labute approximate surface area is 144 Å². The van der Waals surface area contributed by atoms with Crippen LogP contribution in [0.4, 0.5) is 0 Å². The Morgan fingerprint density at radius 2 is 1.79 bits per heavy atom. The molecule has 3 rings (SSSR count). The number of hydrogen-bond donors (Lipinski definition) is 0. The summed E-state index contributed by atoms with van der Waals surface area (Å²) < 4.78 is 10.7. The lowest BCUT2D eigenvalue weighted by atomic mass is 10.1. The number of aromatic nitrogens is 2. The molecule has 0 amide bonds. The van der Waals surface area contributed by atoms with Gasteiger partial charge in [0.05, 0.1) is 5.56 Å². The minimum atomic E-state index is -0.427. The van der Waals surface area contributed by atoms with Crippen LogP contribution in [0.3, 0.4) is 0 Å². The van der Waals surface area contributed by atoms with Crippen molar-refractivity contribution in [3.05, 3.63) is 70.6 Å². The lowest BCUT2D eigenvalue weighted by Gasteiger charge is -2.03. The number of esters is 1. The Morgan fingerprint density at radius 3 is 2.46 bits per heavy atom. The number of aryl methyl sites for hydroxylation is 1. The summed E-state index contributed by atoms with van der Waals surface area (Å²) in [7, 11) is 0. The highest BCUT2D eigenvalue weighted by molar-refractivity contribution is 6.30. The number of rotatable bonds is 5. The molecule has 24 heavy (non-hydrogen) atoms. The first-order valence-corrected chi connectivity index (χ1v) is 7.88. The maximum absolute atomic E-state index is 12.0. The molecule has 0 spiro atoms. The molecule has 0 radical (unpaired) electrons. The SMILES string of the molecule is CCc1ccc(C(=O)OCc2nnc(-c3ccc(Cl)cc3)o2)cc1. The van der Waals surface area contributed by atoms with E-state index >= 15 is 0 Å². The molecule has 1 aromatic heterocycles. The van der Waals surface area contributed by atoms with Crippen LogP contribution in [0, 0.1) is 0 Å². The van der Waals surface area contributed by atoms with Gasteiger partial charge in [0.25, 0.3) is 5.89 Å². The molecular weight excluding hydrogens is 328 g/mol. The Kier molecular flexibility index (Phi) is 4.91. The second-order valence-corrected chi connectivity index (χ2v) is 5.57. The second-order valence-electron chi connectivity index (χ2n) is 5.13.